The predicted octanol–water partition coefficient (Wildman–Crippen LogP) is 3.17. The Kier molecular flexibility index (Phi) is 6.43. The third-order valence-electron chi connectivity index (χ3n) is 5.82. The number of aliphatic hydroxyl groups is 1. The van der Waals surface area contributed by atoms with E-state index in [-0.39, 0.29) is 31.0 Å². The highest BCUT2D eigenvalue weighted by atomic mass is 19.4. The molecule has 0 spiro atoms. The molecule has 2 aliphatic rings. The van der Waals surface area contributed by atoms with Crippen LogP contribution < -0.4 is 4.90 Å². The molecule has 1 aromatic carbocycles. The highest BCUT2D eigenvalue weighted by molar-refractivity contribution is 5.96. The number of fused-ring (bicyclic) bond motifs is 1. The minimum Gasteiger partial charge on any atom is -0.389 e. The number of alkyl halides is 3. The van der Waals surface area contributed by atoms with E-state index in [1.54, 1.807) is 16.8 Å². The quantitative estimate of drug-likeness (QED) is 0.734. The fourth-order valence-electron chi connectivity index (χ4n) is 4.52. The number of carbonyl (C=O) groups excluding carboxylic acids is 1. The van der Waals surface area contributed by atoms with Crippen molar-refractivity contribution < 1.29 is 27.9 Å². The van der Waals surface area contributed by atoms with E-state index in [4.69, 9.17) is 4.84 Å². The molecule has 0 saturated carbocycles. The first-order chi connectivity index (χ1) is 15.5. The summed E-state index contributed by atoms with van der Waals surface area (Å²) in [6.07, 6.45) is -3.52. The van der Waals surface area contributed by atoms with Crippen LogP contribution in [0.5, 0.6) is 0 Å². The van der Waals surface area contributed by atoms with Crippen molar-refractivity contribution in [2.75, 3.05) is 38.3 Å². The molecule has 180 valence electrons. The van der Waals surface area contributed by atoms with E-state index in [1.165, 1.54) is 12.1 Å². The van der Waals surface area contributed by atoms with Gasteiger partial charge in [-0.2, -0.15) is 13.2 Å². The lowest BCUT2D eigenvalue weighted by Gasteiger charge is -2.36. The van der Waals surface area contributed by atoms with Crippen molar-refractivity contribution in [1.29, 1.82) is 0 Å². The fraction of sp³-hybridized carbons (Fsp3) is 0.522. The second kappa shape index (κ2) is 9.00. The summed E-state index contributed by atoms with van der Waals surface area (Å²) in [5, 5.41) is 10.9. The number of hydrogen-bond acceptors (Lipinski definition) is 5. The van der Waals surface area contributed by atoms with Crippen LogP contribution in [0.15, 0.2) is 30.5 Å². The summed E-state index contributed by atoms with van der Waals surface area (Å²) in [5.74, 6) is -0.105. The largest absolute Gasteiger partial charge is 0.416 e. The van der Waals surface area contributed by atoms with E-state index in [1.807, 2.05) is 7.05 Å². The third-order valence-corrected chi connectivity index (χ3v) is 5.82. The normalized spacial score (nSPS) is 19.5. The number of aliphatic hydroxyl groups excluding tert-OH is 1. The Bertz CT molecular complexity index is 1020. The molecule has 1 atom stereocenters. The second-order valence-corrected chi connectivity index (χ2v) is 9.21. The van der Waals surface area contributed by atoms with Crippen molar-refractivity contribution >= 4 is 11.6 Å². The standard InChI is InChI=1S/C23H29F3N4O3/c1-15(2)8-29-14-27(3)11-18-20(29)12-28(21(18)22(32)30-10-17(31)13-33-30)9-16-6-4-5-7-19(16)23(24,25)26/h4-7,12,15,17,31H,8-11,13-14H2,1-3H3/t17-/m0/s1. The molecule has 1 N–H and O–H groups in total. The van der Waals surface area contributed by atoms with Gasteiger partial charge in [0.05, 0.1) is 24.5 Å². The molecule has 33 heavy (non-hydrogen) atoms. The minimum absolute atomic E-state index is 0.00488. The Labute approximate surface area is 190 Å². The van der Waals surface area contributed by atoms with Crippen molar-refractivity contribution in [2.24, 2.45) is 5.92 Å². The molecule has 7 nitrogen and oxygen atoms in total. The molecule has 3 heterocycles. The molecule has 1 fully saturated rings. The Morgan fingerprint density at radius 2 is 2.00 bits per heavy atom. The van der Waals surface area contributed by atoms with Gasteiger partial charge < -0.3 is 14.6 Å². The van der Waals surface area contributed by atoms with Gasteiger partial charge in [0.15, 0.2) is 0 Å². The number of amides is 1. The Morgan fingerprint density at radius 1 is 1.27 bits per heavy atom. The van der Waals surface area contributed by atoms with Crippen LogP contribution >= 0.6 is 0 Å². The zero-order chi connectivity index (χ0) is 23.9. The highest BCUT2D eigenvalue weighted by Gasteiger charge is 2.37. The summed E-state index contributed by atoms with van der Waals surface area (Å²) in [6, 6.07) is 5.41. The monoisotopic (exact) mass is 466 g/mol. The lowest BCUT2D eigenvalue weighted by atomic mass is 10.1. The van der Waals surface area contributed by atoms with E-state index in [0.717, 1.165) is 28.9 Å². The lowest BCUT2D eigenvalue weighted by molar-refractivity contribution is -0.138. The number of aromatic nitrogens is 1. The van der Waals surface area contributed by atoms with Crippen LogP contribution in [0.2, 0.25) is 0 Å². The summed E-state index contributed by atoms with van der Waals surface area (Å²) in [7, 11) is 1.94. The fourth-order valence-corrected chi connectivity index (χ4v) is 4.52. The number of anilines is 1. The van der Waals surface area contributed by atoms with Crippen LogP contribution in [0, 0.1) is 5.92 Å². The molecular formula is C23H29F3N4O3. The van der Waals surface area contributed by atoms with Gasteiger partial charge in [-0.1, -0.05) is 32.0 Å². The number of β-amino-alcohol motifs (C(OH)–C–C–N with tert-alkyl or cyclic N) is 1. The van der Waals surface area contributed by atoms with Crippen LogP contribution in [0.1, 0.15) is 41.0 Å². The number of halogens is 3. The van der Waals surface area contributed by atoms with Gasteiger partial charge in [-0.25, -0.2) is 5.06 Å². The van der Waals surface area contributed by atoms with Crippen LogP contribution in [-0.2, 0) is 24.1 Å². The highest BCUT2D eigenvalue weighted by Crippen LogP contribution is 2.36. The average Bonchev–Trinajstić information content (AvgIpc) is 3.30. The number of carbonyl (C=O) groups is 1. The van der Waals surface area contributed by atoms with Gasteiger partial charge in [0.25, 0.3) is 5.91 Å². The van der Waals surface area contributed by atoms with Gasteiger partial charge in [0, 0.05) is 31.4 Å². The molecule has 0 bridgehead atoms. The summed E-state index contributed by atoms with van der Waals surface area (Å²) < 4.78 is 42.5. The summed E-state index contributed by atoms with van der Waals surface area (Å²) >= 11 is 0. The van der Waals surface area contributed by atoms with Gasteiger partial charge >= 0.3 is 6.18 Å². The molecule has 1 amide bonds. The third kappa shape index (κ3) is 4.87. The predicted molar refractivity (Wildman–Crippen MR) is 116 cm³/mol. The van der Waals surface area contributed by atoms with E-state index < -0.39 is 23.8 Å². The van der Waals surface area contributed by atoms with Crippen molar-refractivity contribution in [3.05, 3.63) is 52.8 Å². The first kappa shape index (κ1) is 23.6. The molecule has 0 unspecified atom stereocenters. The number of benzene rings is 1. The molecule has 2 aliphatic heterocycles. The van der Waals surface area contributed by atoms with Crippen LogP contribution in [0.25, 0.3) is 0 Å². The van der Waals surface area contributed by atoms with Crippen LogP contribution in [0.4, 0.5) is 18.9 Å². The maximum absolute atomic E-state index is 13.6. The van der Waals surface area contributed by atoms with E-state index >= 15 is 0 Å². The number of hydrogen-bond donors (Lipinski definition) is 1. The van der Waals surface area contributed by atoms with Gasteiger partial charge in [-0.3, -0.25) is 14.5 Å². The maximum Gasteiger partial charge on any atom is 0.416 e. The van der Waals surface area contributed by atoms with Crippen LogP contribution in [-0.4, -0.2) is 65.1 Å². The molecule has 1 saturated heterocycles. The molecule has 4 rings (SSSR count). The van der Waals surface area contributed by atoms with E-state index in [9.17, 15) is 23.1 Å². The zero-order valence-electron chi connectivity index (χ0n) is 19.0. The zero-order valence-corrected chi connectivity index (χ0v) is 19.0. The molecule has 0 aliphatic carbocycles. The minimum atomic E-state index is -4.50. The maximum atomic E-state index is 13.6. The molecule has 1 aromatic heterocycles. The van der Waals surface area contributed by atoms with Crippen molar-refractivity contribution in [1.82, 2.24) is 14.5 Å². The molecule has 0 radical (unpaired) electrons. The van der Waals surface area contributed by atoms with Crippen LogP contribution in [0.3, 0.4) is 0 Å². The van der Waals surface area contributed by atoms with E-state index in [2.05, 4.69) is 23.6 Å². The van der Waals surface area contributed by atoms with Gasteiger partial charge in [0.1, 0.15) is 18.4 Å². The topological polar surface area (TPSA) is 61.2 Å². The Balaban J connectivity index is 1.81. The van der Waals surface area contributed by atoms with Crippen molar-refractivity contribution in [2.45, 2.75) is 39.2 Å². The van der Waals surface area contributed by atoms with E-state index in [0.29, 0.717) is 19.1 Å². The Hall–Kier alpha value is -2.56. The first-order valence-electron chi connectivity index (χ1n) is 11.0. The second-order valence-electron chi connectivity index (χ2n) is 9.21. The van der Waals surface area contributed by atoms with Crippen molar-refractivity contribution in [3.8, 4) is 0 Å². The smallest absolute Gasteiger partial charge is 0.389 e. The first-order valence-corrected chi connectivity index (χ1v) is 11.0. The summed E-state index contributed by atoms with van der Waals surface area (Å²) in [6.45, 7) is 5.98. The SMILES string of the molecule is CC(C)CN1CN(C)Cc2c1cn(Cc1ccccc1C(F)(F)F)c2C(=O)N1C[C@H](O)CO1. The number of rotatable bonds is 5. The molecule has 10 heteroatoms. The molecule has 2 aromatic rings. The van der Waals surface area contributed by atoms with Crippen molar-refractivity contribution in [3.63, 3.8) is 0 Å². The number of hydroxylamine groups is 2. The average molecular weight is 467 g/mol. The van der Waals surface area contributed by atoms with Gasteiger partial charge in [-0.05, 0) is 24.6 Å². The summed E-state index contributed by atoms with van der Waals surface area (Å²) in [5.41, 5.74) is 1.24. The Morgan fingerprint density at radius 3 is 2.64 bits per heavy atom. The summed E-state index contributed by atoms with van der Waals surface area (Å²) in [4.78, 5) is 23.0. The lowest BCUT2D eigenvalue weighted by Crippen LogP contribution is -2.42. The van der Waals surface area contributed by atoms with Gasteiger partial charge in [0.2, 0.25) is 0 Å². The molecular weight excluding hydrogens is 437 g/mol. The van der Waals surface area contributed by atoms with Gasteiger partial charge in [-0.15, -0.1) is 0 Å². The number of nitrogens with zero attached hydrogens (tertiary/aromatic N) is 4.